The molecule has 5 aromatic carbocycles. The maximum absolute atomic E-state index is 15.1. The molecule has 2 aromatic heterocycles. The van der Waals surface area contributed by atoms with Gasteiger partial charge in [-0.2, -0.15) is 24.4 Å². The Bertz CT molecular complexity index is 5480. The van der Waals surface area contributed by atoms with Gasteiger partial charge in [0, 0.05) is 151 Å². The SMILES string of the molecule is CSCC[C@H](CC(=O)[C@H](Cc1ccccc1)NC(=O)[C@@H](CC(=O)CCCCCNC(=O)[C@H](CS)CC(=O)c1ccc(/C=C/c2ccc(CC(=O)CN(Cc3ccccn3)Cc3ccccn3)cc2)cc1)Cc1ccc(O)cc1)C(=O)N[C@H](C(=O)C[C@@H](Cc1ccccc1)C(=O)NCC(=O)CCC(=O)N[C@@H](CCCNC(=N)N)C(=O)CC(CCCNC(=N)N)C(=O)N[C@@H](CCCNC(=N)N)C(=O)C[C@@H](CCCCN)C(=O)O)C(C)C. The highest BCUT2D eigenvalue weighted by Crippen LogP contribution is 2.27. The molecule has 1 unspecified atom stereocenters. The van der Waals surface area contributed by atoms with Gasteiger partial charge < -0.3 is 81.0 Å². The number of nitrogens with two attached hydrogens (primary N) is 4. The molecule has 0 saturated carbocycles. The molecule has 7 rings (SSSR count). The van der Waals surface area contributed by atoms with Gasteiger partial charge in [-0.15, -0.1) is 0 Å². The lowest BCUT2D eigenvalue weighted by Crippen LogP contribution is -2.50. The number of carbonyl (C=O) groups is 15. The van der Waals surface area contributed by atoms with Crippen LogP contribution in [0.1, 0.15) is 210 Å². The van der Waals surface area contributed by atoms with E-state index in [1.807, 2.05) is 96.1 Å². The highest BCUT2D eigenvalue weighted by atomic mass is 32.2. The van der Waals surface area contributed by atoms with Crippen LogP contribution in [0.2, 0.25) is 0 Å². The Morgan fingerprint density at radius 3 is 1.43 bits per heavy atom. The van der Waals surface area contributed by atoms with Crippen LogP contribution in [-0.4, -0.2) is 218 Å². The second kappa shape index (κ2) is 67.8. The number of phenols is 1. The molecule has 0 saturated heterocycles. The number of hydrogen-bond acceptors (Lipinski definition) is 25. The monoisotopic (exact) mass is 2080 g/mol. The number of amides is 6. The number of thioether (sulfide) groups is 1. The first-order valence-electron chi connectivity index (χ1n) is 51.0. The zero-order chi connectivity index (χ0) is 108. The van der Waals surface area contributed by atoms with Crippen molar-refractivity contribution < 1.29 is 82.1 Å². The van der Waals surface area contributed by atoms with Gasteiger partial charge in [0.1, 0.15) is 11.5 Å². The zero-order valence-electron chi connectivity index (χ0n) is 85.5. The molecule has 802 valence electrons. The molecule has 0 aliphatic carbocycles. The Hall–Kier alpha value is -14.0. The Morgan fingerprint density at radius 1 is 0.423 bits per heavy atom. The summed E-state index contributed by atoms with van der Waals surface area (Å²) >= 11 is 5.86. The number of carbonyl (C=O) groups excluding carboxylic acids is 14. The Balaban J connectivity index is 0.932. The van der Waals surface area contributed by atoms with Gasteiger partial charge in [0.15, 0.2) is 58.4 Å². The summed E-state index contributed by atoms with van der Waals surface area (Å²) in [5, 5.41) is 68.0. The molecular weight excluding hydrogens is 1940 g/mol. The predicted molar refractivity (Wildman–Crippen MR) is 579 cm³/mol. The lowest BCUT2D eigenvalue weighted by Gasteiger charge is -2.27. The number of phenolic OH excluding ortho intramolecular Hbond substituents is 1. The number of aliphatic carboxylic acids is 1. The van der Waals surface area contributed by atoms with Gasteiger partial charge in [0.2, 0.25) is 35.4 Å². The number of nitrogens with one attached hydrogen (secondary N) is 12. The maximum Gasteiger partial charge on any atom is 0.306 e. The van der Waals surface area contributed by atoms with Gasteiger partial charge in [-0.05, 0) is 184 Å². The molecule has 0 radical (unpaired) electrons. The van der Waals surface area contributed by atoms with Crippen molar-refractivity contribution in [3.8, 4) is 5.75 Å². The second-order valence-corrected chi connectivity index (χ2v) is 39.4. The first-order valence-corrected chi connectivity index (χ1v) is 53.0. The Morgan fingerprint density at radius 2 is 0.893 bits per heavy atom. The highest BCUT2D eigenvalue weighted by molar-refractivity contribution is 7.98. The Kier molecular flexibility index (Phi) is 55.5. The quantitative estimate of drug-likeness (QED) is 0.00421. The van der Waals surface area contributed by atoms with Gasteiger partial charge in [0.05, 0.1) is 60.5 Å². The number of aromatic nitrogens is 2. The van der Waals surface area contributed by atoms with Crippen LogP contribution in [0.25, 0.3) is 12.2 Å². The molecule has 22 N–H and O–H groups in total. The van der Waals surface area contributed by atoms with Gasteiger partial charge in [-0.3, -0.25) is 103 Å². The summed E-state index contributed by atoms with van der Waals surface area (Å²) in [6.07, 6.45) is 9.93. The highest BCUT2D eigenvalue weighted by Gasteiger charge is 2.38. The van der Waals surface area contributed by atoms with Crippen LogP contribution in [0.3, 0.4) is 0 Å². The average molecular weight is 2090 g/mol. The van der Waals surface area contributed by atoms with Crippen molar-refractivity contribution in [1.29, 1.82) is 16.2 Å². The van der Waals surface area contributed by atoms with Crippen LogP contribution in [0.4, 0.5) is 0 Å². The summed E-state index contributed by atoms with van der Waals surface area (Å²) in [4.78, 5) is 223. The molecule has 149 heavy (non-hydrogen) atoms. The van der Waals surface area contributed by atoms with Gasteiger partial charge in [-0.1, -0.05) is 172 Å². The molecule has 2 heterocycles. The van der Waals surface area contributed by atoms with E-state index in [1.54, 1.807) is 111 Å². The van der Waals surface area contributed by atoms with E-state index in [4.69, 9.17) is 39.2 Å². The summed E-state index contributed by atoms with van der Waals surface area (Å²) in [5.74, 6) is -15.4. The van der Waals surface area contributed by atoms with E-state index in [0.717, 1.165) is 28.1 Å². The number of thiol groups is 1. The molecular formula is C111H149N19O17S2. The number of guanidine groups is 3. The number of carboxylic acid groups (broad SMARTS) is 1. The van der Waals surface area contributed by atoms with Crippen LogP contribution in [0, 0.1) is 57.7 Å². The standard InChI is InChI=1S/C111H149N19O17S2/c1-73(2)102(100(139)66-85(58-76-22-7-4-8-23-76)103(141)125-68-91(133)47-48-101(140)126-93(31-20-55-123-110(115)116)97(136)63-81(27-19-54-122-109(113)114)105(143)127-94(32-21-56-124-111(117)118)98(137)65-83(108(146)147)26-12-15-50-112)129-106(144)82(49-57-149-3)64-99(138)95(61-77-24-9-5-10-25-77)128-107(145)84(59-78-41-45-89(131)46-42-78)62-90(132)30-11-6-16-53-121-104(142)86(72-148)67-96(135)80-43-39-75(40-44-80)34-33-74-35-37-79(38-36-74)60-92(134)71-130(69-87-28-13-17-51-119-87)70-88-29-14-18-52-120-88/h4-5,7-10,13-14,17-18,22-25,28-29,33-46,51-52,73,81-86,93-95,102,131,148H,6,11-12,15-16,19-21,26-27,30-32,47-50,53-72,112H2,1-3H3,(H,121,142)(H,125,141)(H,126,140)(H,127,143)(H,128,145)(H,129,144)(H,146,147)(H4,113,114,122)(H4,115,116,123)(H4,117,118,124)/b34-33+/t81?,82-,83-,84-,85-,86+,93+,94+,95+,102+/m1/s1. The van der Waals surface area contributed by atoms with Crippen molar-refractivity contribution >= 4 is 142 Å². The number of carboxylic acids is 1. The van der Waals surface area contributed by atoms with E-state index in [9.17, 15) is 77.3 Å². The summed E-state index contributed by atoms with van der Waals surface area (Å²) < 4.78 is 0. The molecule has 6 amide bonds. The fourth-order valence-corrected chi connectivity index (χ4v) is 18.0. The van der Waals surface area contributed by atoms with Gasteiger partial charge in [0.25, 0.3) is 0 Å². The van der Waals surface area contributed by atoms with Crippen LogP contribution < -0.4 is 70.8 Å². The minimum Gasteiger partial charge on any atom is -0.508 e. The fourth-order valence-electron chi connectivity index (χ4n) is 17.2. The summed E-state index contributed by atoms with van der Waals surface area (Å²) in [6, 6.07) is 45.3. The van der Waals surface area contributed by atoms with Gasteiger partial charge >= 0.3 is 5.97 Å². The minimum absolute atomic E-state index is 0.000944. The lowest BCUT2D eigenvalue weighted by molar-refractivity contribution is -0.144. The number of ketones is 8. The molecule has 0 bridgehead atoms. The number of rotatable bonds is 75. The number of nitrogens with zero attached hydrogens (tertiary/aromatic N) is 3. The van der Waals surface area contributed by atoms with E-state index in [0.29, 0.717) is 79.7 Å². The largest absolute Gasteiger partial charge is 0.508 e. The third kappa shape index (κ3) is 48.3. The second-order valence-electron chi connectivity index (χ2n) is 38.0. The van der Waals surface area contributed by atoms with E-state index < -0.39 is 169 Å². The van der Waals surface area contributed by atoms with Crippen molar-refractivity contribution in [3.05, 3.63) is 233 Å². The number of pyridine rings is 2. The predicted octanol–water partition coefficient (Wildman–Crippen LogP) is 9.38. The van der Waals surface area contributed by atoms with E-state index in [2.05, 4.69) is 70.4 Å². The smallest absolute Gasteiger partial charge is 0.306 e. The van der Waals surface area contributed by atoms with E-state index >= 15 is 4.79 Å². The maximum atomic E-state index is 15.1. The first-order chi connectivity index (χ1) is 71.5. The number of unbranched alkanes of at least 4 members (excludes halogenated alkanes) is 3. The lowest BCUT2D eigenvalue weighted by atomic mass is 9.87. The number of Topliss-reactive ketones (excluding diaryl/α,β-unsaturated/α-hetero) is 8. The molecule has 0 spiro atoms. The fraction of sp³-hybridized carbons (Fsp3) is 0.459. The topological polar surface area (TPSA) is 609 Å². The number of benzene rings is 5. The molecule has 10 atom stereocenters. The molecule has 38 heteroatoms. The Labute approximate surface area is 882 Å². The number of hydrogen-bond donors (Lipinski definition) is 19. The zero-order valence-corrected chi connectivity index (χ0v) is 87.2. The summed E-state index contributed by atoms with van der Waals surface area (Å²) in [6.45, 7) is 4.98. The van der Waals surface area contributed by atoms with Gasteiger partial charge in [-0.25, -0.2) is 0 Å². The summed E-state index contributed by atoms with van der Waals surface area (Å²) in [5.41, 5.74) is 29.0. The van der Waals surface area contributed by atoms with Crippen molar-refractivity contribution in [3.63, 3.8) is 0 Å². The van der Waals surface area contributed by atoms with E-state index in [-0.39, 0.29) is 188 Å². The third-order valence-electron chi connectivity index (χ3n) is 25.5. The van der Waals surface area contributed by atoms with Crippen molar-refractivity contribution in [2.45, 2.75) is 218 Å². The first kappa shape index (κ1) is 122. The molecule has 0 aliphatic rings. The van der Waals surface area contributed by atoms with Crippen LogP contribution >= 0.6 is 24.4 Å². The molecule has 36 nitrogen and oxygen atoms in total. The van der Waals surface area contributed by atoms with Crippen LogP contribution in [0.5, 0.6) is 5.75 Å². The summed E-state index contributed by atoms with van der Waals surface area (Å²) in [7, 11) is 0. The normalized spacial score (nSPS) is 13.3. The van der Waals surface area contributed by atoms with Crippen LogP contribution in [0.15, 0.2) is 182 Å². The minimum atomic E-state index is -1.28. The third-order valence-corrected chi connectivity index (χ3v) is 26.6. The molecule has 0 aliphatic heterocycles. The molecule has 7 aromatic rings. The molecule has 0 fully saturated rings. The van der Waals surface area contributed by atoms with Crippen molar-refractivity contribution in [1.82, 2.24) is 62.7 Å². The average Bonchev–Trinajstić information content (AvgIpc) is 0.838. The van der Waals surface area contributed by atoms with Crippen molar-refractivity contribution in [2.24, 2.45) is 64.4 Å². The van der Waals surface area contributed by atoms with Crippen LogP contribution in [-0.2, 0) is 106 Å². The number of aromatic hydroxyl groups is 1. The van der Waals surface area contributed by atoms with Crippen molar-refractivity contribution in [2.75, 3.05) is 63.6 Å². The van der Waals surface area contributed by atoms with E-state index in [1.165, 1.54) is 23.9 Å².